The fourth-order valence-electron chi connectivity index (χ4n) is 5.29. The first-order valence-electron chi connectivity index (χ1n) is 18.7. The SMILES string of the molecule is CCc1ccc(C(=O)Nc2ccc(C(=O)Nc3ccc(NC(=O)c4ccc(CCCCCCCC[N+](C)(C)C)cc4)cc3)cc2)cc1.F[P-](F)(F)(F)(F)F.F[P-](F)(F)(F)(F)F. The summed E-state index contributed by atoms with van der Waals surface area (Å²) in [6, 6.07) is 29.1. The first-order valence-corrected chi connectivity index (χ1v) is 22.8. The van der Waals surface area contributed by atoms with Gasteiger partial charge in [0.2, 0.25) is 0 Å². The molecule has 21 heteroatoms. The Kier molecular flexibility index (Phi) is 16.4. The molecule has 0 atom stereocenters. The average Bonchev–Trinajstić information content (AvgIpc) is 3.11. The van der Waals surface area contributed by atoms with Gasteiger partial charge in [-0.2, -0.15) is 0 Å². The number of carbonyl (C=O) groups excluding carboxylic acids is 3. The zero-order valence-corrected chi connectivity index (χ0v) is 35.5. The topological polar surface area (TPSA) is 87.3 Å². The molecule has 0 bridgehead atoms. The molecule has 0 saturated carbocycles. The fourth-order valence-corrected chi connectivity index (χ4v) is 5.29. The monoisotopic (exact) mass is 923 g/mol. The van der Waals surface area contributed by atoms with E-state index in [-0.39, 0.29) is 17.7 Å². The number of anilines is 3. The van der Waals surface area contributed by atoms with Crippen LogP contribution in [0.4, 0.5) is 67.4 Å². The Labute approximate surface area is 346 Å². The summed E-state index contributed by atoms with van der Waals surface area (Å²) < 4.78 is 119. The van der Waals surface area contributed by atoms with Crippen LogP contribution in [0.2, 0.25) is 0 Å². The predicted molar refractivity (Wildman–Crippen MR) is 220 cm³/mol. The van der Waals surface area contributed by atoms with Crippen molar-refractivity contribution in [3.05, 3.63) is 125 Å². The number of unbranched alkanes of at least 4 members (excludes halogenated alkanes) is 5. The molecule has 3 N–H and O–H groups in total. The van der Waals surface area contributed by atoms with Crippen molar-refractivity contribution in [3.8, 4) is 0 Å². The normalized spacial score (nSPS) is 13.9. The van der Waals surface area contributed by atoms with E-state index in [1.54, 1.807) is 48.5 Å². The van der Waals surface area contributed by atoms with Crippen molar-refractivity contribution in [3.63, 3.8) is 0 Å². The number of rotatable bonds is 16. The van der Waals surface area contributed by atoms with Crippen molar-refractivity contribution in [2.45, 2.75) is 58.3 Å². The summed E-state index contributed by atoms with van der Waals surface area (Å²) >= 11 is 0. The summed E-state index contributed by atoms with van der Waals surface area (Å²) in [5, 5.41) is 8.66. The van der Waals surface area contributed by atoms with Gasteiger partial charge in [-0.15, -0.1) is 0 Å². The molecule has 0 spiro atoms. The van der Waals surface area contributed by atoms with Crippen molar-refractivity contribution in [2.24, 2.45) is 0 Å². The second-order valence-corrected chi connectivity index (χ2v) is 18.9. The minimum absolute atomic E-state index is 0.174. The standard InChI is InChI=1S/C40H48N4O3.2F6P/c1-5-30-13-17-32(18-14-30)38(45)41-35-23-21-34(22-24-35)40(47)43-37-27-25-36(26-28-37)42-39(46)33-19-15-31(16-20-33)12-10-8-6-7-9-11-29-44(2,3)4;2*1-7(2,3,4,5)6/h13-28H,5-12,29H2,1-4H3,(H2-,41,42,43,45,46,47);;/q;2*-1/p+1. The Morgan fingerprint density at radius 1 is 0.426 bits per heavy atom. The Morgan fingerprint density at radius 2 is 0.689 bits per heavy atom. The summed E-state index contributed by atoms with van der Waals surface area (Å²) in [4.78, 5) is 38.2. The summed E-state index contributed by atoms with van der Waals surface area (Å²) in [5.74, 6) is -0.648. The number of quaternary nitrogens is 1. The van der Waals surface area contributed by atoms with Gasteiger partial charge in [0.1, 0.15) is 0 Å². The van der Waals surface area contributed by atoms with E-state index in [0.717, 1.165) is 17.3 Å². The Balaban J connectivity index is 0.000000784. The van der Waals surface area contributed by atoms with Crippen LogP contribution in [-0.4, -0.2) is 49.9 Å². The van der Waals surface area contributed by atoms with E-state index in [1.807, 2.05) is 48.5 Å². The van der Waals surface area contributed by atoms with Crippen LogP contribution in [0.3, 0.4) is 0 Å². The molecule has 0 fully saturated rings. The molecular formula is C40H49F12N4O3P2-. The van der Waals surface area contributed by atoms with Gasteiger partial charge in [-0.25, -0.2) is 0 Å². The van der Waals surface area contributed by atoms with Crippen molar-refractivity contribution < 1.29 is 69.2 Å². The number of nitrogens with zero attached hydrogens (tertiary/aromatic N) is 1. The number of nitrogens with one attached hydrogen (secondary N) is 3. The number of hydrogen-bond acceptors (Lipinski definition) is 3. The average molecular weight is 924 g/mol. The molecule has 0 radical (unpaired) electrons. The Morgan fingerprint density at radius 3 is 1.00 bits per heavy atom. The number of benzene rings is 4. The van der Waals surface area contributed by atoms with Crippen LogP contribution in [0.1, 0.15) is 87.6 Å². The summed E-state index contributed by atoms with van der Waals surface area (Å²) in [7, 11) is -14.6. The van der Waals surface area contributed by atoms with Gasteiger partial charge in [0.25, 0.3) is 17.7 Å². The summed E-state index contributed by atoms with van der Waals surface area (Å²) in [6.45, 7) is 3.31. The molecule has 342 valence electrons. The van der Waals surface area contributed by atoms with Gasteiger partial charge in [0.05, 0.1) is 27.7 Å². The maximum atomic E-state index is 12.8. The Hall–Kier alpha value is -4.73. The Bertz CT molecular complexity index is 2010. The molecule has 0 unspecified atom stereocenters. The van der Waals surface area contributed by atoms with Crippen LogP contribution in [0.5, 0.6) is 0 Å². The minimum atomic E-state index is -10.7. The first-order chi connectivity index (χ1) is 27.5. The molecule has 0 aliphatic rings. The predicted octanol–water partition coefficient (Wildman–Crippen LogP) is 15.4. The third-order valence-corrected chi connectivity index (χ3v) is 8.19. The quantitative estimate of drug-likeness (QED) is 0.0453. The second-order valence-electron chi connectivity index (χ2n) is 15.1. The molecule has 0 aromatic heterocycles. The molecule has 0 saturated heterocycles. The van der Waals surface area contributed by atoms with Gasteiger partial charge < -0.3 is 20.4 Å². The molecule has 4 rings (SSSR count). The van der Waals surface area contributed by atoms with Crippen molar-refractivity contribution in [1.29, 1.82) is 0 Å². The van der Waals surface area contributed by atoms with E-state index in [0.29, 0.717) is 33.8 Å². The molecule has 61 heavy (non-hydrogen) atoms. The summed E-state index contributed by atoms with van der Waals surface area (Å²) in [5.41, 5.74) is 5.93. The van der Waals surface area contributed by atoms with Crippen LogP contribution in [-0.2, 0) is 12.8 Å². The number of hydrogen-bond donors (Lipinski definition) is 3. The molecule has 4 aromatic rings. The molecule has 0 heterocycles. The zero-order valence-electron chi connectivity index (χ0n) is 33.7. The van der Waals surface area contributed by atoms with Crippen molar-refractivity contribution >= 4 is 50.4 Å². The van der Waals surface area contributed by atoms with Crippen LogP contribution in [0.15, 0.2) is 97.1 Å². The van der Waals surface area contributed by atoms with Crippen LogP contribution in [0, 0.1) is 0 Å². The molecule has 3 amide bonds. The molecule has 0 aliphatic carbocycles. The van der Waals surface area contributed by atoms with Crippen molar-refractivity contribution in [2.75, 3.05) is 43.6 Å². The zero-order chi connectivity index (χ0) is 46.5. The second kappa shape index (κ2) is 19.1. The van der Waals surface area contributed by atoms with E-state index < -0.39 is 15.6 Å². The van der Waals surface area contributed by atoms with E-state index in [2.05, 4.69) is 44.0 Å². The van der Waals surface area contributed by atoms with Gasteiger partial charge in [-0.05, 0) is 116 Å². The number of carbonyl (C=O) groups is 3. The molecule has 7 nitrogen and oxygen atoms in total. The van der Waals surface area contributed by atoms with E-state index in [1.165, 1.54) is 56.2 Å². The maximum absolute atomic E-state index is 12.8. The van der Waals surface area contributed by atoms with Gasteiger partial charge in [0.15, 0.2) is 0 Å². The first kappa shape index (κ1) is 52.4. The third kappa shape index (κ3) is 29.2. The van der Waals surface area contributed by atoms with E-state index in [4.69, 9.17) is 0 Å². The molecule has 4 aromatic carbocycles. The number of halogens is 12. The van der Waals surface area contributed by atoms with Crippen LogP contribution >= 0.6 is 15.6 Å². The molecular weight excluding hydrogens is 874 g/mol. The van der Waals surface area contributed by atoms with Gasteiger partial charge in [-0.1, -0.05) is 50.5 Å². The van der Waals surface area contributed by atoms with Gasteiger partial charge in [-0.3, -0.25) is 14.4 Å². The van der Waals surface area contributed by atoms with E-state index >= 15 is 0 Å². The third-order valence-electron chi connectivity index (χ3n) is 8.19. The summed E-state index contributed by atoms with van der Waals surface area (Å²) in [6.07, 6.45) is 9.54. The number of amides is 3. The van der Waals surface area contributed by atoms with Crippen LogP contribution in [0.25, 0.3) is 0 Å². The fraction of sp³-hybridized carbons (Fsp3) is 0.325. The van der Waals surface area contributed by atoms with Gasteiger partial charge in [0, 0.05) is 33.8 Å². The van der Waals surface area contributed by atoms with Gasteiger partial charge >= 0.3 is 66.0 Å². The van der Waals surface area contributed by atoms with E-state index in [9.17, 15) is 64.7 Å². The molecule has 0 aliphatic heterocycles. The van der Waals surface area contributed by atoms with Crippen LogP contribution < -0.4 is 16.0 Å². The van der Waals surface area contributed by atoms with Crippen molar-refractivity contribution in [1.82, 2.24) is 0 Å². The number of aryl methyl sites for hydroxylation is 2.